The molecule has 0 unspecified atom stereocenters. The third-order valence-electron chi connectivity index (χ3n) is 7.41. The SMILES string of the molecule is C=CC(=O)N1CCN(C[C@H](Oc2ccc(C(=O)NCCc3ccc(OC)cc3)cc2)c2ccc(C)c(F)c2)C[C@H]1C. The Balaban J connectivity index is 1.39. The van der Waals surface area contributed by atoms with Crippen LogP contribution in [-0.2, 0) is 11.2 Å². The molecule has 7 nitrogen and oxygen atoms in total. The van der Waals surface area contributed by atoms with Gasteiger partial charge in [-0.1, -0.05) is 30.8 Å². The van der Waals surface area contributed by atoms with Gasteiger partial charge < -0.3 is 19.7 Å². The van der Waals surface area contributed by atoms with Crippen LogP contribution in [-0.4, -0.2) is 67.5 Å². The third kappa shape index (κ3) is 7.95. The van der Waals surface area contributed by atoms with Crippen LogP contribution < -0.4 is 14.8 Å². The van der Waals surface area contributed by atoms with E-state index in [1.807, 2.05) is 42.2 Å². The fourth-order valence-corrected chi connectivity index (χ4v) is 4.96. The van der Waals surface area contributed by atoms with E-state index in [0.717, 1.165) is 16.9 Å². The van der Waals surface area contributed by atoms with E-state index >= 15 is 0 Å². The van der Waals surface area contributed by atoms with Crippen LogP contribution >= 0.6 is 0 Å². The van der Waals surface area contributed by atoms with Crippen LogP contribution in [0.3, 0.4) is 0 Å². The second-order valence-corrected chi connectivity index (χ2v) is 10.3. The molecule has 1 heterocycles. The lowest BCUT2D eigenvalue weighted by molar-refractivity contribution is -0.130. The first-order valence-corrected chi connectivity index (χ1v) is 13.9. The molecule has 3 aromatic rings. The quantitative estimate of drug-likeness (QED) is 0.337. The summed E-state index contributed by atoms with van der Waals surface area (Å²) in [6.45, 7) is 10.3. The lowest BCUT2D eigenvalue weighted by atomic mass is 10.0. The molecule has 2 amide bonds. The number of carbonyl (C=O) groups is 2. The van der Waals surface area contributed by atoms with Gasteiger partial charge in [0.1, 0.15) is 23.4 Å². The fraction of sp³-hybridized carbons (Fsp3) is 0.333. The van der Waals surface area contributed by atoms with Gasteiger partial charge in [-0.05, 0) is 85.5 Å². The van der Waals surface area contributed by atoms with Crippen molar-refractivity contribution < 1.29 is 23.5 Å². The molecule has 3 aromatic carbocycles. The van der Waals surface area contributed by atoms with Gasteiger partial charge >= 0.3 is 0 Å². The Labute approximate surface area is 241 Å². The lowest BCUT2D eigenvalue weighted by Gasteiger charge is -2.40. The molecule has 4 rings (SSSR count). The smallest absolute Gasteiger partial charge is 0.251 e. The Morgan fingerprint density at radius 2 is 1.78 bits per heavy atom. The average Bonchev–Trinajstić information content (AvgIpc) is 2.98. The van der Waals surface area contributed by atoms with Crippen molar-refractivity contribution in [2.45, 2.75) is 32.4 Å². The van der Waals surface area contributed by atoms with Gasteiger partial charge in [0, 0.05) is 44.3 Å². The molecular weight excluding hydrogens is 521 g/mol. The largest absolute Gasteiger partial charge is 0.497 e. The first-order chi connectivity index (χ1) is 19.8. The second-order valence-electron chi connectivity index (χ2n) is 10.3. The number of aryl methyl sites for hydroxylation is 1. The highest BCUT2D eigenvalue weighted by Crippen LogP contribution is 2.26. The predicted molar refractivity (Wildman–Crippen MR) is 158 cm³/mol. The number of methoxy groups -OCH3 is 1. The van der Waals surface area contributed by atoms with Crippen LogP contribution in [0.15, 0.2) is 79.4 Å². The van der Waals surface area contributed by atoms with Gasteiger partial charge in [0.05, 0.1) is 7.11 Å². The summed E-state index contributed by atoms with van der Waals surface area (Å²) in [5, 5.41) is 2.95. The number of amides is 2. The summed E-state index contributed by atoms with van der Waals surface area (Å²) in [6, 6.07) is 19.9. The molecule has 0 saturated carbocycles. The Morgan fingerprint density at radius 3 is 2.41 bits per heavy atom. The van der Waals surface area contributed by atoms with Gasteiger partial charge in [0.25, 0.3) is 5.91 Å². The standard InChI is InChI=1S/C33H38FN3O4/c1-5-32(38)37-19-18-36(21-24(37)3)22-31(27-9-6-23(2)30(34)20-27)41-29-14-10-26(11-15-29)33(39)35-17-16-25-7-12-28(40-4)13-8-25/h5-15,20,24,31H,1,16-19,21-22H2,2-4H3,(H,35,39)/t24-,31+/m1/s1. The normalized spacial score (nSPS) is 16.1. The Hall–Kier alpha value is -4.17. The number of ether oxygens (including phenoxy) is 2. The average molecular weight is 560 g/mol. The number of halogens is 1. The molecule has 1 fully saturated rings. The minimum Gasteiger partial charge on any atom is -0.497 e. The topological polar surface area (TPSA) is 71.1 Å². The predicted octanol–water partition coefficient (Wildman–Crippen LogP) is 4.95. The Kier molecular flexibility index (Phi) is 10.1. The molecule has 0 radical (unpaired) electrons. The summed E-state index contributed by atoms with van der Waals surface area (Å²) in [4.78, 5) is 28.9. The summed E-state index contributed by atoms with van der Waals surface area (Å²) in [5.41, 5.74) is 2.93. The van der Waals surface area contributed by atoms with E-state index in [9.17, 15) is 14.0 Å². The third-order valence-corrected chi connectivity index (χ3v) is 7.41. The molecule has 0 aliphatic carbocycles. The highest BCUT2D eigenvalue weighted by molar-refractivity contribution is 5.94. The van der Waals surface area contributed by atoms with Crippen molar-refractivity contribution in [2.75, 3.05) is 39.8 Å². The summed E-state index contributed by atoms with van der Waals surface area (Å²) in [6.07, 6.45) is 1.61. The van der Waals surface area contributed by atoms with Crippen LogP contribution in [0.5, 0.6) is 11.5 Å². The first-order valence-electron chi connectivity index (χ1n) is 13.9. The summed E-state index contributed by atoms with van der Waals surface area (Å²) in [5.74, 6) is 0.859. The fourth-order valence-electron chi connectivity index (χ4n) is 4.96. The van der Waals surface area contributed by atoms with Gasteiger partial charge in [-0.25, -0.2) is 4.39 Å². The number of rotatable bonds is 11. The van der Waals surface area contributed by atoms with Gasteiger partial charge in [0.15, 0.2) is 0 Å². The van der Waals surface area contributed by atoms with Crippen LogP contribution in [0, 0.1) is 12.7 Å². The van der Waals surface area contributed by atoms with Crippen LogP contribution in [0.1, 0.15) is 40.1 Å². The molecule has 1 aliphatic rings. The van der Waals surface area contributed by atoms with E-state index in [4.69, 9.17) is 9.47 Å². The number of hydrogen-bond acceptors (Lipinski definition) is 5. The zero-order chi connectivity index (χ0) is 29.4. The maximum atomic E-state index is 14.5. The zero-order valence-corrected chi connectivity index (χ0v) is 23.9. The van der Waals surface area contributed by atoms with E-state index in [2.05, 4.69) is 16.8 Å². The molecule has 0 aromatic heterocycles. The summed E-state index contributed by atoms with van der Waals surface area (Å²) < 4.78 is 26.1. The van der Waals surface area contributed by atoms with Gasteiger partial charge in [-0.15, -0.1) is 0 Å². The van der Waals surface area contributed by atoms with Crippen molar-refractivity contribution in [3.63, 3.8) is 0 Å². The molecule has 41 heavy (non-hydrogen) atoms. The molecule has 1 aliphatic heterocycles. The lowest BCUT2D eigenvalue weighted by Crippen LogP contribution is -2.54. The Morgan fingerprint density at radius 1 is 1.07 bits per heavy atom. The Bertz CT molecular complexity index is 1340. The molecule has 8 heteroatoms. The van der Waals surface area contributed by atoms with Gasteiger partial charge in [0.2, 0.25) is 5.91 Å². The second kappa shape index (κ2) is 13.9. The maximum Gasteiger partial charge on any atom is 0.251 e. The van der Waals surface area contributed by atoms with Crippen LogP contribution in [0.2, 0.25) is 0 Å². The summed E-state index contributed by atoms with van der Waals surface area (Å²) in [7, 11) is 1.63. The highest BCUT2D eigenvalue weighted by atomic mass is 19.1. The number of hydrogen-bond donors (Lipinski definition) is 1. The first kappa shape index (κ1) is 29.8. The molecule has 0 bridgehead atoms. The van der Waals surface area contributed by atoms with E-state index in [1.54, 1.807) is 44.4 Å². The van der Waals surface area contributed by atoms with E-state index in [1.165, 1.54) is 12.1 Å². The minimum atomic E-state index is -0.442. The molecule has 1 saturated heterocycles. The van der Waals surface area contributed by atoms with Crippen molar-refractivity contribution >= 4 is 11.8 Å². The number of benzene rings is 3. The monoisotopic (exact) mass is 559 g/mol. The minimum absolute atomic E-state index is 0.0205. The van der Waals surface area contributed by atoms with Crippen molar-refractivity contribution in [1.29, 1.82) is 0 Å². The highest BCUT2D eigenvalue weighted by Gasteiger charge is 2.28. The van der Waals surface area contributed by atoms with Gasteiger partial charge in [-0.3, -0.25) is 14.5 Å². The zero-order valence-electron chi connectivity index (χ0n) is 23.9. The van der Waals surface area contributed by atoms with Crippen molar-refractivity contribution in [1.82, 2.24) is 15.1 Å². The molecule has 216 valence electrons. The van der Waals surface area contributed by atoms with Crippen LogP contribution in [0.4, 0.5) is 4.39 Å². The van der Waals surface area contributed by atoms with E-state index in [0.29, 0.717) is 56.0 Å². The van der Waals surface area contributed by atoms with E-state index < -0.39 is 6.10 Å². The van der Waals surface area contributed by atoms with Crippen LogP contribution in [0.25, 0.3) is 0 Å². The number of nitrogens with one attached hydrogen (secondary N) is 1. The van der Waals surface area contributed by atoms with Crippen molar-refractivity contribution in [3.05, 3.63) is 107 Å². The maximum absolute atomic E-state index is 14.5. The number of carbonyl (C=O) groups excluding carboxylic acids is 2. The molecule has 1 N–H and O–H groups in total. The van der Waals surface area contributed by atoms with Gasteiger partial charge in [-0.2, -0.15) is 0 Å². The van der Waals surface area contributed by atoms with Crippen molar-refractivity contribution in [3.8, 4) is 11.5 Å². The number of piperazine rings is 1. The molecule has 2 atom stereocenters. The molecular formula is C33H38FN3O4. The number of nitrogens with zero attached hydrogens (tertiary/aromatic N) is 2. The van der Waals surface area contributed by atoms with E-state index in [-0.39, 0.29) is 23.7 Å². The van der Waals surface area contributed by atoms with Crippen molar-refractivity contribution in [2.24, 2.45) is 0 Å². The molecule has 0 spiro atoms. The summed E-state index contributed by atoms with van der Waals surface area (Å²) >= 11 is 0.